The van der Waals surface area contributed by atoms with Gasteiger partial charge in [-0.2, -0.15) is 0 Å². The maximum Gasteiger partial charge on any atom is 0.129 e. The summed E-state index contributed by atoms with van der Waals surface area (Å²) < 4.78 is 18.9. The zero-order valence-corrected chi connectivity index (χ0v) is 11.7. The first-order valence-electron chi connectivity index (χ1n) is 5.97. The summed E-state index contributed by atoms with van der Waals surface area (Å²) in [6.07, 6.45) is 0. The number of hydrogen-bond acceptors (Lipinski definition) is 3. The summed E-state index contributed by atoms with van der Waals surface area (Å²) in [6.45, 7) is 1.79. The van der Waals surface area contributed by atoms with Crippen molar-refractivity contribution in [3.8, 4) is 5.75 Å². The average molecular weight is 277 g/mol. The van der Waals surface area contributed by atoms with Gasteiger partial charge in [0.15, 0.2) is 0 Å². The van der Waals surface area contributed by atoms with E-state index in [-0.39, 0.29) is 11.9 Å². The minimum absolute atomic E-state index is 0.256. The van der Waals surface area contributed by atoms with Crippen molar-refractivity contribution in [2.45, 2.75) is 22.8 Å². The van der Waals surface area contributed by atoms with Gasteiger partial charge in [0, 0.05) is 21.4 Å². The van der Waals surface area contributed by atoms with Crippen molar-refractivity contribution in [3.63, 3.8) is 0 Å². The molecule has 2 rings (SSSR count). The highest BCUT2D eigenvalue weighted by Gasteiger charge is 2.13. The molecule has 0 heterocycles. The minimum atomic E-state index is -0.332. The molecule has 2 nitrogen and oxygen atoms in total. The first kappa shape index (κ1) is 13.9. The standard InChI is InChI=1S/C15H16FNOS/c1-10(17)15-13(16)4-3-5-14(15)19-12-8-6-11(18-2)7-9-12/h3-10H,17H2,1-2H3/t10-/m0/s1. The van der Waals surface area contributed by atoms with Crippen molar-refractivity contribution in [1.82, 2.24) is 0 Å². The lowest BCUT2D eigenvalue weighted by Crippen LogP contribution is -2.08. The third-order valence-corrected chi connectivity index (χ3v) is 3.84. The number of benzene rings is 2. The Hall–Kier alpha value is -1.52. The van der Waals surface area contributed by atoms with Gasteiger partial charge in [-0.3, -0.25) is 0 Å². The van der Waals surface area contributed by atoms with Gasteiger partial charge in [-0.05, 0) is 43.3 Å². The molecule has 0 aromatic heterocycles. The second kappa shape index (κ2) is 6.08. The van der Waals surface area contributed by atoms with E-state index in [2.05, 4.69) is 0 Å². The summed E-state index contributed by atoms with van der Waals surface area (Å²) in [5, 5.41) is 0. The highest BCUT2D eigenvalue weighted by molar-refractivity contribution is 7.99. The molecule has 1 atom stereocenters. The molecule has 0 fully saturated rings. The topological polar surface area (TPSA) is 35.2 Å². The van der Waals surface area contributed by atoms with Crippen LogP contribution in [0, 0.1) is 5.82 Å². The van der Waals surface area contributed by atoms with Crippen LogP contribution in [0.25, 0.3) is 0 Å². The van der Waals surface area contributed by atoms with Gasteiger partial charge in [0.25, 0.3) is 0 Å². The van der Waals surface area contributed by atoms with Crippen LogP contribution in [-0.2, 0) is 0 Å². The van der Waals surface area contributed by atoms with E-state index < -0.39 is 0 Å². The average Bonchev–Trinajstić information content (AvgIpc) is 2.39. The molecule has 2 aromatic rings. The molecule has 0 saturated carbocycles. The van der Waals surface area contributed by atoms with Gasteiger partial charge in [0.1, 0.15) is 11.6 Å². The predicted octanol–water partition coefficient (Wildman–Crippen LogP) is 4.01. The van der Waals surface area contributed by atoms with E-state index in [0.717, 1.165) is 15.5 Å². The lowest BCUT2D eigenvalue weighted by Gasteiger charge is -2.13. The molecule has 2 aromatic carbocycles. The fraction of sp³-hybridized carbons (Fsp3) is 0.200. The summed E-state index contributed by atoms with van der Waals surface area (Å²) in [6, 6.07) is 12.3. The Morgan fingerprint density at radius 1 is 1.16 bits per heavy atom. The fourth-order valence-electron chi connectivity index (χ4n) is 1.82. The Bertz CT molecular complexity index is 555. The quantitative estimate of drug-likeness (QED) is 0.917. The zero-order valence-electron chi connectivity index (χ0n) is 10.9. The van der Waals surface area contributed by atoms with Crippen molar-refractivity contribution in [2.24, 2.45) is 5.73 Å². The molecular formula is C15H16FNOS. The van der Waals surface area contributed by atoms with E-state index in [1.807, 2.05) is 30.3 Å². The predicted molar refractivity (Wildman–Crippen MR) is 76.1 cm³/mol. The van der Waals surface area contributed by atoms with Crippen molar-refractivity contribution in [2.75, 3.05) is 7.11 Å². The SMILES string of the molecule is COc1ccc(Sc2cccc(F)c2[C@H](C)N)cc1. The largest absolute Gasteiger partial charge is 0.497 e. The van der Waals surface area contributed by atoms with Crippen molar-refractivity contribution >= 4 is 11.8 Å². The summed E-state index contributed by atoms with van der Waals surface area (Å²) >= 11 is 1.50. The van der Waals surface area contributed by atoms with E-state index in [0.29, 0.717) is 5.56 Å². The Morgan fingerprint density at radius 3 is 2.42 bits per heavy atom. The van der Waals surface area contributed by atoms with E-state index in [4.69, 9.17) is 10.5 Å². The van der Waals surface area contributed by atoms with Crippen molar-refractivity contribution < 1.29 is 9.13 Å². The third-order valence-electron chi connectivity index (χ3n) is 2.76. The van der Waals surface area contributed by atoms with Gasteiger partial charge in [0.05, 0.1) is 7.11 Å². The lowest BCUT2D eigenvalue weighted by molar-refractivity contribution is 0.414. The Balaban J connectivity index is 2.29. The van der Waals surface area contributed by atoms with Gasteiger partial charge >= 0.3 is 0 Å². The molecule has 0 aliphatic heterocycles. The molecule has 2 N–H and O–H groups in total. The lowest BCUT2D eigenvalue weighted by atomic mass is 10.1. The van der Waals surface area contributed by atoms with Crippen LogP contribution in [0.4, 0.5) is 4.39 Å². The molecular weight excluding hydrogens is 261 g/mol. The van der Waals surface area contributed by atoms with Gasteiger partial charge in [-0.1, -0.05) is 17.8 Å². The smallest absolute Gasteiger partial charge is 0.129 e. The molecule has 0 bridgehead atoms. The van der Waals surface area contributed by atoms with Crippen LogP contribution in [0.15, 0.2) is 52.3 Å². The van der Waals surface area contributed by atoms with Gasteiger partial charge in [-0.25, -0.2) is 4.39 Å². The summed E-state index contributed by atoms with van der Waals surface area (Å²) in [5.74, 6) is 0.546. The molecule has 19 heavy (non-hydrogen) atoms. The Kier molecular flexibility index (Phi) is 4.45. The van der Waals surface area contributed by atoms with E-state index in [1.165, 1.54) is 17.8 Å². The summed E-state index contributed by atoms with van der Waals surface area (Å²) in [5.41, 5.74) is 6.40. The second-order valence-electron chi connectivity index (χ2n) is 4.22. The highest BCUT2D eigenvalue weighted by atomic mass is 32.2. The monoisotopic (exact) mass is 277 g/mol. The van der Waals surface area contributed by atoms with Crippen LogP contribution in [-0.4, -0.2) is 7.11 Å². The maximum absolute atomic E-state index is 13.8. The number of hydrogen-bond donors (Lipinski definition) is 1. The van der Waals surface area contributed by atoms with Gasteiger partial charge in [0.2, 0.25) is 0 Å². The molecule has 0 radical (unpaired) electrons. The number of methoxy groups -OCH3 is 1. The van der Waals surface area contributed by atoms with Crippen LogP contribution in [0.5, 0.6) is 5.75 Å². The molecule has 4 heteroatoms. The van der Waals surface area contributed by atoms with E-state index >= 15 is 0 Å². The molecule has 0 unspecified atom stereocenters. The van der Waals surface area contributed by atoms with Crippen LogP contribution in [0.1, 0.15) is 18.5 Å². The van der Waals surface area contributed by atoms with Crippen molar-refractivity contribution in [1.29, 1.82) is 0 Å². The van der Waals surface area contributed by atoms with Gasteiger partial charge in [-0.15, -0.1) is 0 Å². The third kappa shape index (κ3) is 3.28. The molecule has 100 valence electrons. The second-order valence-corrected chi connectivity index (χ2v) is 5.33. The number of ether oxygens (including phenoxy) is 1. The number of halogens is 1. The molecule has 0 saturated heterocycles. The number of nitrogens with two attached hydrogens (primary N) is 1. The molecule has 0 spiro atoms. The molecule has 0 amide bonds. The van der Waals surface area contributed by atoms with E-state index in [9.17, 15) is 4.39 Å². The highest BCUT2D eigenvalue weighted by Crippen LogP contribution is 2.34. The van der Waals surface area contributed by atoms with Crippen molar-refractivity contribution in [3.05, 3.63) is 53.8 Å². The maximum atomic E-state index is 13.8. The summed E-state index contributed by atoms with van der Waals surface area (Å²) in [7, 11) is 1.63. The zero-order chi connectivity index (χ0) is 13.8. The van der Waals surface area contributed by atoms with Gasteiger partial charge < -0.3 is 10.5 Å². The number of rotatable bonds is 4. The normalized spacial score (nSPS) is 12.2. The minimum Gasteiger partial charge on any atom is -0.497 e. The van der Waals surface area contributed by atoms with Crippen LogP contribution in [0.3, 0.4) is 0 Å². The first-order chi connectivity index (χ1) is 9.11. The Labute approximate surface area is 116 Å². The summed E-state index contributed by atoms with van der Waals surface area (Å²) in [4.78, 5) is 1.87. The Morgan fingerprint density at radius 2 is 1.84 bits per heavy atom. The van der Waals surface area contributed by atoms with Crippen LogP contribution in [0.2, 0.25) is 0 Å². The fourth-order valence-corrected chi connectivity index (χ4v) is 2.88. The molecule has 0 aliphatic rings. The van der Waals surface area contributed by atoms with E-state index in [1.54, 1.807) is 20.1 Å². The van der Waals surface area contributed by atoms with Crippen LogP contribution < -0.4 is 10.5 Å². The molecule has 0 aliphatic carbocycles. The first-order valence-corrected chi connectivity index (χ1v) is 6.79. The van der Waals surface area contributed by atoms with Crippen LogP contribution >= 0.6 is 11.8 Å².